The van der Waals surface area contributed by atoms with Crippen LogP contribution in [-0.4, -0.2) is 33.8 Å². The van der Waals surface area contributed by atoms with Crippen molar-refractivity contribution in [3.63, 3.8) is 0 Å². The van der Waals surface area contributed by atoms with Crippen LogP contribution in [-0.2, 0) is 11.2 Å². The Kier molecular flexibility index (Phi) is 5.39. The van der Waals surface area contributed by atoms with E-state index in [0.717, 1.165) is 48.1 Å². The molecule has 0 aliphatic carbocycles. The molecule has 1 aliphatic rings. The summed E-state index contributed by atoms with van der Waals surface area (Å²) in [5.41, 5.74) is 1.05. The summed E-state index contributed by atoms with van der Waals surface area (Å²) in [6, 6.07) is 9.95. The van der Waals surface area contributed by atoms with Gasteiger partial charge in [-0.05, 0) is 44.0 Å². The van der Waals surface area contributed by atoms with Gasteiger partial charge in [0, 0.05) is 36.4 Å². The van der Waals surface area contributed by atoms with E-state index in [0.29, 0.717) is 6.42 Å². The van der Waals surface area contributed by atoms with Crippen molar-refractivity contribution in [2.75, 3.05) is 18.1 Å². The average Bonchev–Trinajstić information content (AvgIpc) is 3.02. The molecule has 1 atom stereocenters. The number of thioether (sulfide) groups is 1. The highest BCUT2D eigenvalue weighted by atomic mass is 32.2. The molecule has 3 heterocycles. The van der Waals surface area contributed by atoms with Gasteiger partial charge >= 0.3 is 0 Å². The SMILES string of the molecule is Cc1ccc([C@H]2CSCCN2C(=O)CCCc2ccccn2)o1. The summed E-state index contributed by atoms with van der Waals surface area (Å²) in [5, 5.41) is 0. The lowest BCUT2D eigenvalue weighted by molar-refractivity contribution is -0.133. The van der Waals surface area contributed by atoms with Gasteiger partial charge in [0.05, 0.1) is 6.04 Å². The van der Waals surface area contributed by atoms with E-state index in [1.54, 1.807) is 6.20 Å². The second kappa shape index (κ2) is 7.68. The van der Waals surface area contributed by atoms with Crippen LogP contribution in [0.2, 0.25) is 0 Å². The molecule has 1 saturated heterocycles. The molecule has 1 amide bonds. The molecule has 1 aliphatic heterocycles. The Balaban J connectivity index is 1.58. The second-order valence-electron chi connectivity index (χ2n) is 5.80. The molecule has 0 spiro atoms. The van der Waals surface area contributed by atoms with E-state index in [1.807, 2.05) is 53.9 Å². The lowest BCUT2D eigenvalue weighted by Crippen LogP contribution is -2.40. The van der Waals surface area contributed by atoms with Crippen molar-refractivity contribution >= 4 is 17.7 Å². The van der Waals surface area contributed by atoms with Crippen LogP contribution in [0.25, 0.3) is 0 Å². The van der Waals surface area contributed by atoms with Crippen LogP contribution >= 0.6 is 11.8 Å². The van der Waals surface area contributed by atoms with Gasteiger partial charge in [-0.15, -0.1) is 0 Å². The molecule has 0 radical (unpaired) electrons. The van der Waals surface area contributed by atoms with Crippen molar-refractivity contribution in [2.24, 2.45) is 0 Å². The largest absolute Gasteiger partial charge is 0.464 e. The fraction of sp³-hybridized carbons (Fsp3) is 0.444. The summed E-state index contributed by atoms with van der Waals surface area (Å²) >= 11 is 1.89. The molecule has 0 aromatic carbocycles. The zero-order valence-electron chi connectivity index (χ0n) is 13.4. The maximum Gasteiger partial charge on any atom is 0.223 e. The molecule has 0 bridgehead atoms. The topological polar surface area (TPSA) is 46.3 Å². The molecule has 122 valence electrons. The Labute approximate surface area is 141 Å². The number of carbonyl (C=O) groups is 1. The third kappa shape index (κ3) is 4.16. The summed E-state index contributed by atoms with van der Waals surface area (Å²) in [4.78, 5) is 18.9. The van der Waals surface area contributed by atoms with Gasteiger partial charge in [-0.3, -0.25) is 9.78 Å². The van der Waals surface area contributed by atoms with Gasteiger partial charge in [-0.25, -0.2) is 0 Å². The third-order valence-corrected chi connectivity index (χ3v) is 5.11. The first-order valence-corrected chi connectivity index (χ1v) is 9.23. The van der Waals surface area contributed by atoms with Crippen LogP contribution in [0.4, 0.5) is 0 Å². The minimum Gasteiger partial charge on any atom is -0.464 e. The van der Waals surface area contributed by atoms with Gasteiger partial charge in [0.1, 0.15) is 11.5 Å². The van der Waals surface area contributed by atoms with E-state index in [9.17, 15) is 4.79 Å². The zero-order chi connectivity index (χ0) is 16.1. The number of amides is 1. The first-order valence-electron chi connectivity index (χ1n) is 8.07. The number of rotatable bonds is 5. The summed E-state index contributed by atoms with van der Waals surface area (Å²) in [6.07, 6.45) is 4.05. The highest BCUT2D eigenvalue weighted by Gasteiger charge is 2.29. The van der Waals surface area contributed by atoms with Crippen LogP contribution in [0.15, 0.2) is 40.9 Å². The molecule has 0 N–H and O–H groups in total. The van der Waals surface area contributed by atoms with Crippen LogP contribution in [0.5, 0.6) is 0 Å². The fourth-order valence-electron chi connectivity index (χ4n) is 2.88. The Morgan fingerprint density at radius 2 is 2.30 bits per heavy atom. The molecule has 1 fully saturated rings. The Morgan fingerprint density at radius 3 is 3.04 bits per heavy atom. The molecule has 3 rings (SSSR count). The van der Waals surface area contributed by atoms with Crippen molar-refractivity contribution in [2.45, 2.75) is 32.2 Å². The molecular formula is C18H22N2O2S. The monoisotopic (exact) mass is 330 g/mol. The smallest absolute Gasteiger partial charge is 0.223 e. The minimum absolute atomic E-state index is 0.0739. The zero-order valence-corrected chi connectivity index (χ0v) is 14.2. The number of furan rings is 1. The van der Waals surface area contributed by atoms with Crippen LogP contribution < -0.4 is 0 Å². The average molecular weight is 330 g/mol. The molecule has 23 heavy (non-hydrogen) atoms. The Morgan fingerprint density at radius 1 is 1.39 bits per heavy atom. The molecule has 4 nitrogen and oxygen atoms in total. The van der Waals surface area contributed by atoms with E-state index in [-0.39, 0.29) is 11.9 Å². The normalized spacial score (nSPS) is 18.1. The van der Waals surface area contributed by atoms with Crippen LogP contribution in [0.3, 0.4) is 0 Å². The van der Waals surface area contributed by atoms with E-state index >= 15 is 0 Å². The lowest BCUT2D eigenvalue weighted by Gasteiger charge is -2.34. The Hall–Kier alpha value is -1.75. The number of hydrogen-bond donors (Lipinski definition) is 0. The van der Waals surface area contributed by atoms with Crippen molar-refractivity contribution in [3.8, 4) is 0 Å². The lowest BCUT2D eigenvalue weighted by atomic mass is 10.1. The summed E-state index contributed by atoms with van der Waals surface area (Å²) in [6.45, 7) is 2.75. The van der Waals surface area contributed by atoms with Crippen molar-refractivity contribution in [1.29, 1.82) is 0 Å². The van der Waals surface area contributed by atoms with E-state index in [1.165, 1.54) is 0 Å². The standard InChI is InChI=1S/C18H22N2O2S/c1-14-8-9-17(22-14)16-13-23-12-11-20(16)18(21)7-4-6-15-5-2-3-10-19-15/h2-3,5,8-10,16H,4,6-7,11-13H2,1H3/t16-/m1/s1. The van der Waals surface area contributed by atoms with Gasteiger partial charge in [-0.2, -0.15) is 11.8 Å². The first-order chi connectivity index (χ1) is 11.2. The van der Waals surface area contributed by atoms with Gasteiger partial charge in [-0.1, -0.05) is 6.07 Å². The highest BCUT2D eigenvalue weighted by molar-refractivity contribution is 7.99. The fourth-order valence-corrected chi connectivity index (χ4v) is 3.94. The highest BCUT2D eigenvalue weighted by Crippen LogP contribution is 2.31. The molecular weight excluding hydrogens is 308 g/mol. The predicted octanol–water partition coefficient (Wildman–Crippen LogP) is 3.62. The predicted molar refractivity (Wildman–Crippen MR) is 92.4 cm³/mol. The van der Waals surface area contributed by atoms with Crippen LogP contribution in [0.1, 0.15) is 36.1 Å². The molecule has 2 aromatic heterocycles. The van der Waals surface area contributed by atoms with E-state index < -0.39 is 0 Å². The maximum atomic E-state index is 12.6. The Bertz CT molecular complexity index is 641. The van der Waals surface area contributed by atoms with E-state index in [4.69, 9.17) is 4.42 Å². The number of carbonyl (C=O) groups excluding carboxylic acids is 1. The van der Waals surface area contributed by atoms with Gasteiger partial charge in [0.25, 0.3) is 0 Å². The van der Waals surface area contributed by atoms with Gasteiger partial charge < -0.3 is 9.32 Å². The second-order valence-corrected chi connectivity index (χ2v) is 6.95. The first kappa shape index (κ1) is 16.1. The third-order valence-electron chi connectivity index (χ3n) is 4.09. The van der Waals surface area contributed by atoms with Crippen molar-refractivity contribution < 1.29 is 9.21 Å². The van der Waals surface area contributed by atoms with Crippen molar-refractivity contribution in [1.82, 2.24) is 9.88 Å². The maximum absolute atomic E-state index is 12.6. The van der Waals surface area contributed by atoms with Gasteiger partial charge in [0.15, 0.2) is 0 Å². The summed E-state index contributed by atoms with van der Waals surface area (Å²) in [7, 11) is 0. The minimum atomic E-state index is 0.0739. The molecule has 0 saturated carbocycles. The molecule has 2 aromatic rings. The van der Waals surface area contributed by atoms with E-state index in [2.05, 4.69) is 4.98 Å². The molecule has 0 unspecified atom stereocenters. The number of aromatic nitrogens is 1. The molecule has 5 heteroatoms. The van der Waals surface area contributed by atoms with Gasteiger partial charge in [0.2, 0.25) is 5.91 Å². The van der Waals surface area contributed by atoms with Crippen LogP contribution in [0, 0.1) is 6.92 Å². The summed E-state index contributed by atoms with van der Waals surface area (Å²) in [5.74, 6) is 3.95. The number of aryl methyl sites for hydroxylation is 2. The number of pyridine rings is 1. The van der Waals surface area contributed by atoms with Crippen molar-refractivity contribution in [3.05, 3.63) is 53.7 Å². The summed E-state index contributed by atoms with van der Waals surface area (Å²) < 4.78 is 5.76. The number of hydrogen-bond acceptors (Lipinski definition) is 4. The number of nitrogens with zero attached hydrogens (tertiary/aromatic N) is 2. The quantitative estimate of drug-likeness (QED) is 0.840.